The summed E-state index contributed by atoms with van der Waals surface area (Å²) in [5.74, 6) is -1.56. The van der Waals surface area contributed by atoms with E-state index in [9.17, 15) is 20.0 Å². The van der Waals surface area contributed by atoms with Crippen molar-refractivity contribution in [2.75, 3.05) is 5.32 Å². The fourth-order valence-electron chi connectivity index (χ4n) is 2.39. The summed E-state index contributed by atoms with van der Waals surface area (Å²) in [6.07, 6.45) is 3.00. The van der Waals surface area contributed by atoms with Gasteiger partial charge in [-0.2, -0.15) is 5.26 Å². The number of carbonyl (C=O) groups is 2. The van der Waals surface area contributed by atoms with Crippen molar-refractivity contribution in [3.8, 4) is 17.2 Å². The van der Waals surface area contributed by atoms with Crippen molar-refractivity contribution in [2.45, 2.75) is 6.42 Å². The summed E-state index contributed by atoms with van der Waals surface area (Å²) in [7, 11) is 0. The topological polar surface area (TPSA) is 119 Å². The number of aromatic carboxylic acids is 1. The number of halogens is 1. The van der Waals surface area contributed by atoms with Crippen LogP contribution in [-0.4, -0.2) is 27.0 Å². The van der Waals surface area contributed by atoms with E-state index < -0.39 is 5.97 Å². The van der Waals surface area contributed by atoms with E-state index >= 15 is 0 Å². The van der Waals surface area contributed by atoms with Gasteiger partial charge in [-0.05, 0) is 17.7 Å². The molecule has 0 atom stereocenters. The van der Waals surface area contributed by atoms with Crippen molar-refractivity contribution < 1.29 is 14.7 Å². The van der Waals surface area contributed by atoms with Crippen LogP contribution in [0.2, 0.25) is 5.02 Å². The zero-order chi connectivity index (χ0) is 18.7. The molecule has 130 valence electrons. The van der Waals surface area contributed by atoms with Crippen LogP contribution in [0.25, 0.3) is 11.1 Å². The van der Waals surface area contributed by atoms with Gasteiger partial charge in [0, 0.05) is 22.5 Å². The average molecular weight is 387 g/mol. The van der Waals surface area contributed by atoms with Gasteiger partial charge in [0.15, 0.2) is 0 Å². The first-order valence-corrected chi connectivity index (χ1v) is 8.52. The Bertz CT molecular complexity index is 1000. The number of hydrogen-bond donors (Lipinski definition) is 3. The molecule has 2 heterocycles. The lowest BCUT2D eigenvalue weighted by Gasteiger charge is -2.04. The smallest absolute Gasteiger partial charge is 0.346 e. The van der Waals surface area contributed by atoms with E-state index in [4.69, 9.17) is 11.6 Å². The van der Waals surface area contributed by atoms with Crippen LogP contribution in [0.3, 0.4) is 0 Å². The predicted octanol–water partition coefficient (Wildman–Crippen LogP) is 3.54. The molecule has 0 fully saturated rings. The van der Waals surface area contributed by atoms with E-state index in [1.165, 1.54) is 12.5 Å². The Hall–Kier alpha value is -3.15. The summed E-state index contributed by atoms with van der Waals surface area (Å²) < 4.78 is 0. The van der Waals surface area contributed by atoms with Gasteiger partial charge in [-0.25, -0.2) is 9.78 Å². The molecule has 3 N–H and O–H groups in total. The molecule has 0 radical (unpaired) electrons. The van der Waals surface area contributed by atoms with Crippen LogP contribution in [0.5, 0.6) is 0 Å². The number of aromatic nitrogens is 2. The molecule has 3 rings (SSSR count). The Balaban J connectivity index is 2.00. The van der Waals surface area contributed by atoms with E-state index in [-0.39, 0.29) is 33.3 Å². The molecule has 3 aromatic rings. The number of amides is 1. The van der Waals surface area contributed by atoms with Crippen LogP contribution in [0, 0.1) is 11.3 Å². The molecule has 7 nitrogen and oxygen atoms in total. The summed E-state index contributed by atoms with van der Waals surface area (Å²) in [4.78, 5) is 30.4. The number of anilines is 1. The molecule has 1 amide bonds. The molecule has 9 heteroatoms. The highest BCUT2D eigenvalue weighted by molar-refractivity contribution is 7.19. The van der Waals surface area contributed by atoms with Gasteiger partial charge >= 0.3 is 5.97 Å². The molecule has 0 unspecified atom stereocenters. The molecule has 0 spiro atoms. The Morgan fingerprint density at radius 2 is 2.08 bits per heavy atom. The number of rotatable bonds is 5. The maximum absolute atomic E-state index is 12.2. The second kappa shape index (κ2) is 7.39. The molecule has 0 saturated heterocycles. The third-order valence-corrected chi connectivity index (χ3v) is 4.85. The molecule has 0 aliphatic carbocycles. The molecule has 2 aromatic heterocycles. The highest BCUT2D eigenvalue weighted by Gasteiger charge is 2.25. The van der Waals surface area contributed by atoms with Crippen molar-refractivity contribution in [1.82, 2.24) is 9.97 Å². The quantitative estimate of drug-likeness (QED) is 0.619. The molecular formula is C17H11ClN4O3S. The van der Waals surface area contributed by atoms with E-state index in [2.05, 4.69) is 15.3 Å². The Morgan fingerprint density at radius 3 is 2.65 bits per heavy atom. The van der Waals surface area contributed by atoms with Gasteiger partial charge in [-0.1, -0.05) is 23.7 Å². The highest BCUT2D eigenvalue weighted by Crippen LogP contribution is 2.40. The highest BCUT2D eigenvalue weighted by atomic mass is 35.5. The Labute approximate surface area is 156 Å². The SMILES string of the molecule is N#Cc1c(NC(=O)Cc2cnc[nH]2)sc(C(=O)O)c1-c1ccc(Cl)cc1. The van der Waals surface area contributed by atoms with Gasteiger partial charge in [0.2, 0.25) is 5.91 Å². The minimum Gasteiger partial charge on any atom is -0.477 e. The normalized spacial score (nSPS) is 10.3. The number of nitrogens with zero attached hydrogens (tertiary/aromatic N) is 2. The summed E-state index contributed by atoms with van der Waals surface area (Å²) in [6.45, 7) is 0. The number of carboxylic acids is 1. The van der Waals surface area contributed by atoms with Crippen LogP contribution in [0.1, 0.15) is 20.9 Å². The van der Waals surface area contributed by atoms with Gasteiger partial charge in [0.05, 0.1) is 18.3 Å². The maximum atomic E-state index is 12.2. The predicted molar refractivity (Wildman–Crippen MR) is 97.4 cm³/mol. The second-order valence-electron chi connectivity index (χ2n) is 5.24. The maximum Gasteiger partial charge on any atom is 0.346 e. The van der Waals surface area contributed by atoms with Crippen molar-refractivity contribution in [2.24, 2.45) is 0 Å². The zero-order valence-electron chi connectivity index (χ0n) is 13.1. The Kier molecular flexibility index (Phi) is 5.02. The second-order valence-corrected chi connectivity index (χ2v) is 6.69. The van der Waals surface area contributed by atoms with Crippen molar-refractivity contribution in [3.05, 3.63) is 57.9 Å². The summed E-state index contributed by atoms with van der Waals surface area (Å²) >= 11 is 6.72. The van der Waals surface area contributed by atoms with Crippen molar-refractivity contribution in [1.29, 1.82) is 5.26 Å². The molecule has 26 heavy (non-hydrogen) atoms. The largest absolute Gasteiger partial charge is 0.477 e. The van der Waals surface area contributed by atoms with Gasteiger partial charge in [-0.15, -0.1) is 11.3 Å². The number of thiophene rings is 1. The number of carboxylic acid groups (broad SMARTS) is 1. The number of benzene rings is 1. The van der Waals surface area contributed by atoms with Crippen LogP contribution in [0.4, 0.5) is 5.00 Å². The first-order chi connectivity index (χ1) is 12.5. The van der Waals surface area contributed by atoms with Crippen LogP contribution in [-0.2, 0) is 11.2 Å². The first kappa shape index (κ1) is 17.7. The van der Waals surface area contributed by atoms with E-state index in [1.54, 1.807) is 24.3 Å². The van der Waals surface area contributed by atoms with Crippen LogP contribution < -0.4 is 5.32 Å². The zero-order valence-corrected chi connectivity index (χ0v) is 14.7. The van der Waals surface area contributed by atoms with Crippen molar-refractivity contribution in [3.63, 3.8) is 0 Å². The van der Waals surface area contributed by atoms with Gasteiger partial charge in [0.25, 0.3) is 0 Å². The number of nitriles is 1. The number of imidazole rings is 1. The number of nitrogens with one attached hydrogen (secondary N) is 2. The minimum absolute atomic E-state index is 0.0271. The van der Waals surface area contributed by atoms with Gasteiger partial charge in [-0.3, -0.25) is 4.79 Å². The monoisotopic (exact) mass is 386 g/mol. The number of aromatic amines is 1. The standard InChI is InChI=1S/C17H11ClN4O3S/c18-10-3-1-9(2-4-10)14-12(6-19)16(26-15(14)17(24)25)22-13(23)5-11-7-20-8-21-11/h1-4,7-8H,5H2,(H,20,21)(H,22,23)(H,24,25). The lowest BCUT2D eigenvalue weighted by molar-refractivity contribution is -0.115. The molecule has 1 aromatic carbocycles. The minimum atomic E-state index is -1.18. The lowest BCUT2D eigenvalue weighted by Crippen LogP contribution is -2.14. The third kappa shape index (κ3) is 3.59. The van der Waals surface area contributed by atoms with E-state index in [0.717, 1.165) is 11.3 Å². The number of carbonyl (C=O) groups excluding carboxylic acids is 1. The summed E-state index contributed by atoms with van der Waals surface area (Å²) in [5.41, 5.74) is 1.51. The van der Waals surface area contributed by atoms with Crippen molar-refractivity contribution >= 4 is 39.8 Å². The molecular weight excluding hydrogens is 376 g/mol. The summed E-state index contributed by atoms with van der Waals surface area (Å²) in [5, 5.41) is 22.4. The lowest BCUT2D eigenvalue weighted by atomic mass is 10.0. The average Bonchev–Trinajstić information content (AvgIpc) is 3.23. The van der Waals surface area contributed by atoms with E-state index in [0.29, 0.717) is 16.3 Å². The molecule has 0 saturated carbocycles. The van der Waals surface area contributed by atoms with Crippen LogP contribution in [0.15, 0.2) is 36.8 Å². The third-order valence-electron chi connectivity index (χ3n) is 3.51. The molecule has 0 bridgehead atoms. The number of H-pyrrole nitrogens is 1. The fraction of sp³-hybridized carbons (Fsp3) is 0.0588. The van der Waals surface area contributed by atoms with Gasteiger partial charge in [0.1, 0.15) is 15.9 Å². The van der Waals surface area contributed by atoms with Gasteiger partial charge < -0.3 is 15.4 Å². The van der Waals surface area contributed by atoms with E-state index in [1.807, 2.05) is 6.07 Å². The Morgan fingerprint density at radius 1 is 1.35 bits per heavy atom. The summed E-state index contributed by atoms with van der Waals surface area (Å²) in [6, 6.07) is 8.48. The fourth-order valence-corrected chi connectivity index (χ4v) is 3.55. The number of hydrogen-bond acceptors (Lipinski definition) is 5. The first-order valence-electron chi connectivity index (χ1n) is 7.32. The molecule has 0 aliphatic heterocycles. The molecule has 0 aliphatic rings. The van der Waals surface area contributed by atoms with Crippen LogP contribution >= 0.6 is 22.9 Å².